The number of carbonyl (C=O) groups is 1. The Morgan fingerprint density at radius 1 is 0.953 bits per heavy atom. The summed E-state index contributed by atoms with van der Waals surface area (Å²) in [5, 5.41) is 4.15. The predicted molar refractivity (Wildman–Crippen MR) is 170 cm³/mol. The molecule has 0 unspecified atom stereocenters. The first kappa shape index (κ1) is 29.6. The molecular weight excluding hydrogens is 542 g/mol. The molecule has 0 atom stereocenters. The van der Waals surface area contributed by atoms with Crippen LogP contribution < -0.4 is 15.0 Å². The van der Waals surface area contributed by atoms with Crippen LogP contribution in [0.25, 0.3) is 10.9 Å². The molecule has 2 aromatic carbocycles. The molecule has 0 saturated carbocycles. The molecular formula is C33H45N7O3. The number of hydrogen-bond donors (Lipinski definition) is 1. The number of rotatable bonds is 8. The number of anilines is 2. The van der Waals surface area contributed by atoms with E-state index >= 15 is 0 Å². The van der Waals surface area contributed by atoms with E-state index in [-0.39, 0.29) is 6.03 Å². The maximum Gasteiger partial charge on any atom is 0.321 e. The standard InChI is InChI=1S/C33H45N7O3/c1-37-12-2-13-38(18-17-37)14-3-21-43-29-8-9-30-31(24-29)34-25-35-32(30)26-10-15-40(16-11-26)33(41)36-27-4-6-28(7-5-27)39-19-22-42-23-20-39/h4-9,24-26H,2-3,10-23H2,1H3,(H,36,41). The van der Waals surface area contributed by atoms with E-state index in [0.29, 0.717) is 25.6 Å². The lowest BCUT2D eigenvalue weighted by molar-refractivity contribution is 0.122. The van der Waals surface area contributed by atoms with E-state index in [0.717, 1.165) is 98.9 Å². The molecule has 0 spiro atoms. The van der Waals surface area contributed by atoms with Gasteiger partial charge in [-0.3, -0.25) is 0 Å². The van der Waals surface area contributed by atoms with Gasteiger partial charge in [-0.1, -0.05) is 0 Å². The lowest BCUT2D eigenvalue weighted by Gasteiger charge is -2.32. The molecule has 43 heavy (non-hydrogen) atoms. The molecule has 3 saturated heterocycles. The van der Waals surface area contributed by atoms with Crippen molar-refractivity contribution in [2.75, 3.05) is 96.0 Å². The van der Waals surface area contributed by atoms with Gasteiger partial charge in [0.15, 0.2) is 0 Å². The van der Waals surface area contributed by atoms with Gasteiger partial charge < -0.3 is 34.4 Å². The second kappa shape index (κ2) is 14.3. The first-order valence-electron chi connectivity index (χ1n) is 15.9. The van der Waals surface area contributed by atoms with E-state index in [4.69, 9.17) is 14.5 Å². The number of amides is 2. The van der Waals surface area contributed by atoms with Gasteiger partial charge in [-0.25, -0.2) is 14.8 Å². The molecule has 1 N–H and O–H groups in total. The van der Waals surface area contributed by atoms with Crippen molar-refractivity contribution in [2.45, 2.75) is 31.6 Å². The summed E-state index contributed by atoms with van der Waals surface area (Å²) in [6, 6.07) is 14.2. The minimum absolute atomic E-state index is 0.0462. The molecule has 0 radical (unpaired) electrons. The van der Waals surface area contributed by atoms with E-state index in [1.54, 1.807) is 6.33 Å². The molecule has 3 aliphatic heterocycles. The molecule has 3 aliphatic rings. The number of nitrogens with zero attached hydrogens (tertiary/aromatic N) is 6. The van der Waals surface area contributed by atoms with Crippen LogP contribution in [0.5, 0.6) is 5.75 Å². The van der Waals surface area contributed by atoms with Crippen LogP contribution in [0.3, 0.4) is 0 Å². The summed E-state index contributed by atoms with van der Waals surface area (Å²) >= 11 is 0. The van der Waals surface area contributed by atoms with Gasteiger partial charge >= 0.3 is 6.03 Å². The smallest absolute Gasteiger partial charge is 0.321 e. The minimum atomic E-state index is -0.0462. The predicted octanol–water partition coefficient (Wildman–Crippen LogP) is 4.28. The van der Waals surface area contributed by atoms with Crippen molar-refractivity contribution in [3.05, 3.63) is 54.5 Å². The Bertz CT molecular complexity index is 1340. The molecule has 10 nitrogen and oxygen atoms in total. The fraction of sp³-hybridized carbons (Fsp3) is 0.545. The maximum atomic E-state index is 13.0. The van der Waals surface area contributed by atoms with E-state index in [1.165, 1.54) is 19.5 Å². The maximum absolute atomic E-state index is 13.0. The lowest BCUT2D eigenvalue weighted by Crippen LogP contribution is -2.40. The van der Waals surface area contributed by atoms with Crippen LogP contribution in [-0.2, 0) is 4.74 Å². The van der Waals surface area contributed by atoms with Crippen molar-refractivity contribution < 1.29 is 14.3 Å². The Labute approximate surface area is 255 Å². The average Bonchev–Trinajstić information content (AvgIpc) is 3.27. The summed E-state index contributed by atoms with van der Waals surface area (Å²) in [7, 11) is 2.21. The number of likely N-dealkylation sites (N-methyl/N-ethyl adjacent to an activating group) is 1. The Balaban J connectivity index is 0.981. The largest absolute Gasteiger partial charge is 0.493 e. The molecule has 230 valence electrons. The monoisotopic (exact) mass is 587 g/mol. The number of nitrogens with one attached hydrogen (secondary N) is 1. The third-order valence-electron chi connectivity index (χ3n) is 9.00. The van der Waals surface area contributed by atoms with Crippen molar-refractivity contribution in [2.24, 2.45) is 0 Å². The third kappa shape index (κ3) is 7.74. The number of carbonyl (C=O) groups excluding carboxylic acids is 1. The van der Waals surface area contributed by atoms with Crippen LogP contribution in [0, 0.1) is 0 Å². The van der Waals surface area contributed by atoms with Crippen LogP contribution in [0.15, 0.2) is 48.8 Å². The van der Waals surface area contributed by atoms with Gasteiger partial charge in [0.05, 0.1) is 31.0 Å². The van der Waals surface area contributed by atoms with Crippen molar-refractivity contribution in [3.8, 4) is 5.75 Å². The molecule has 3 aromatic rings. The molecule has 6 rings (SSSR count). The first-order valence-corrected chi connectivity index (χ1v) is 15.9. The third-order valence-corrected chi connectivity index (χ3v) is 9.00. The van der Waals surface area contributed by atoms with Gasteiger partial charge in [0.2, 0.25) is 0 Å². The molecule has 3 fully saturated rings. The molecule has 10 heteroatoms. The second-order valence-electron chi connectivity index (χ2n) is 12.0. The molecule has 4 heterocycles. The highest BCUT2D eigenvalue weighted by molar-refractivity contribution is 5.89. The topological polar surface area (TPSA) is 86.3 Å². The van der Waals surface area contributed by atoms with E-state index in [2.05, 4.69) is 50.2 Å². The zero-order valence-corrected chi connectivity index (χ0v) is 25.4. The highest BCUT2D eigenvalue weighted by Crippen LogP contribution is 2.32. The number of aromatic nitrogens is 2. The number of likely N-dealkylation sites (tertiary alicyclic amines) is 1. The van der Waals surface area contributed by atoms with Gasteiger partial charge in [-0.2, -0.15) is 0 Å². The first-order chi connectivity index (χ1) is 21.1. The van der Waals surface area contributed by atoms with E-state index < -0.39 is 0 Å². The second-order valence-corrected chi connectivity index (χ2v) is 12.0. The Kier molecular flexibility index (Phi) is 9.87. The van der Waals surface area contributed by atoms with Crippen molar-refractivity contribution in [3.63, 3.8) is 0 Å². The summed E-state index contributed by atoms with van der Waals surface area (Å²) in [4.78, 5) is 31.4. The molecule has 0 aliphatic carbocycles. The number of benzene rings is 2. The normalized spacial score (nSPS) is 19.4. The Morgan fingerprint density at radius 2 is 1.77 bits per heavy atom. The van der Waals surface area contributed by atoms with E-state index in [9.17, 15) is 4.79 Å². The number of urea groups is 1. The molecule has 0 bridgehead atoms. The summed E-state index contributed by atoms with van der Waals surface area (Å²) in [6.45, 7) is 11.1. The summed E-state index contributed by atoms with van der Waals surface area (Å²) in [5.74, 6) is 1.15. The zero-order chi connectivity index (χ0) is 29.4. The van der Waals surface area contributed by atoms with Gasteiger partial charge in [0.25, 0.3) is 0 Å². The van der Waals surface area contributed by atoms with Crippen molar-refractivity contribution >= 4 is 28.3 Å². The summed E-state index contributed by atoms with van der Waals surface area (Å²) in [6.07, 6.45) is 5.67. The number of fused-ring (bicyclic) bond motifs is 1. The zero-order valence-electron chi connectivity index (χ0n) is 25.4. The van der Waals surface area contributed by atoms with Crippen LogP contribution >= 0.6 is 0 Å². The van der Waals surface area contributed by atoms with Gasteiger partial charge in [-0.15, -0.1) is 0 Å². The fourth-order valence-corrected chi connectivity index (χ4v) is 6.41. The van der Waals surface area contributed by atoms with E-state index in [1.807, 2.05) is 29.2 Å². The van der Waals surface area contributed by atoms with Gasteiger partial charge in [0.1, 0.15) is 12.1 Å². The van der Waals surface area contributed by atoms with Crippen LogP contribution in [-0.4, -0.2) is 116 Å². The van der Waals surface area contributed by atoms with Gasteiger partial charge in [-0.05, 0) is 82.2 Å². The summed E-state index contributed by atoms with van der Waals surface area (Å²) in [5.41, 5.74) is 3.97. The summed E-state index contributed by atoms with van der Waals surface area (Å²) < 4.78 is 11.6. The Morgan fingerprint density at radius 3 is 2.58 bits per heavy atom. The van der Waals surface area contributed by atoms with Crippen molar-refractivity contribution in [1.82, 2.24) is 24.7 Å². The SMILES string of the molecule is CN1CCCN(CCCOc2ccc3c(C4CCN(C(=O)Nc5ccc(N6CCOCC6)cc5)CC4)ncnc3c2)CC1. The quantitative estimate of drug-likeness (QED) is 0.391. The fourth-order valence-electron chi connectivity index (χ4n) is 6.41. The van der Waals surface area contributed by atoms with Crippen molar-refractivity contribution in [1.29, 1.82) is 0 Å². The molecule has 1 aromatic heterocycles. The minimum Gasteiger partial charge on any atom is -0.493 e. The number of ether oxygens (including phenoxy) is 2. The van der Waals surface area contributed by atoms with Gasteiger partial charge in [0, 0.05) is 74.6 Å². The lowest BCUT2D eigenvalue weighted by atomic mass is 9.91. The highest BCUT2D eigenvalue weighted by Gasteiger charge is 2.26. The van der Waals surface area contributed by atoms with Crippen LogP contribution in [0.4, 0.5) is 16.2 Å². The number of hydrogen-bond acceptors (Lipinski definition) is 8. The average molecular weight is 588 g/mol. The number of morpholine rings is 1. The highest BCUT2D eigenvalue weighted by atomic mass is 16.5. The Hall–Kier alpha value is -3.47. The number of piperidine rings is 1. The van der Waals surface area contributed by atoms with Crippen LogP contribution in [0.1, 0.15) is 37.3 Å². The molecule has 2 amide bonds. The van der Waals surface area contributed by atoms with Crippen LogP contribution in [0.2, 0.25) is 0 Å².